The summed E-state index contributed by atoms with van der Waals surface area (Å²) in [6.45, 7) is 0.121. The van der Waals surface area contributed by atoms with E-state index in [-0.39, 0.29) is 29.3 Å². The molecule has 4 nitrogen and oxygen atoms in total. The molecule has 0 saturated carbocycles. The highest BCUT2D eigenvalue weighted by atomic mass is 79.9. The highest BCUT2D eigenvalue weighted by Crippen LogP contribution is 2.21. The minimum atomic E-state index is -0.139. The number of hydrogen-bond acceptors (Lipinski definition) is 2. The molecule has 0 radical (unpaired) electrons. The first-order valence-corrected chi connectivity index (χ1v) is 6.53. The third-order valence-electron chi connectivity index (χ3n) is 2.64. The van der Waals surface area contributed by atoms with Crippen LogP contribution in [0.25, 0.3) is 0 Å². The summed E-state index contributed by atoms with van der Waals surface area (Å²) in [4.78, 5) is 22.6. The fourth-order valence-corrected chi connectivity index (χ4v) is 2.25. The van der Waals surface area contributed by atoms with Crippen LogP contribution in [0.5, 0.6) is 0 Å². The molecule has 0 unspecified atom stereocenters. The van der Waals surface area contributed by atoms with Crippen LogP contribution in [0.4, 0.5) is 5.69 Å². The lowest BCUT2D eigenvalue weighted by Gasteiger charge is -2.02. The van der Waals surface area contributed by atoms with Gasteiger partial charge in [0, 0.05) is 16.7 Å². The first kappa shape index (κ1) is 17.6. The average Bonchev–Trinajstić information content (AvgIpc) is 2.39. The summed E-state index contributed by atoms with van der Waals surface area (Å²) < 4.78 is 1.67. The van der Waals surface area contributed by atoms with Gasteiger partial charge in [0.25, 0.3) is 0 Å². The van der Waals surface area contributed by atoms with Crippen molar-refractivity contribution < 1.29 is 31.1 Å². The van der Waals surface area contributed by atoms with Gasteiger partial charge in [-0.3, -0.25) is 9.59 Å². The van der Waals surface area contributed by atoms with Gasteiger partial charge in [-0.05, 0) is 24.3 Å². The summed E-state index contributed by atoms with van der Waals surface area (Å²) in [7, 11) is 0. The number of nitrogens with zero attached hydrogens (tertiary/aromatic N) is 1. The van der Waals surface area contributed by atoms with Crippen molar-refractivity contribution >= 4 is 41.1 Å². The van der Waals surface area contributed by atoms with Gasteiger partial charge in [0.1, 0.15) is 5.69 Å². The van der Waals surface area contributed by atoms with Gasteiger partial charge in [-0.2, -0.15) is 4.57 Å². The minimum absolute atomic E-state index is 0. The molecule has 1 N–H and O–H groups in total. The summed E-state index contributed by atoms with van der Waals surface area (Å²) in [5.74, 6) is -0.139. The van der Waals surface area contributed by atoms with E-state index in [0.29, 0.717) is 27.7 Å². The van der Waals surface area contributed by atoms with E-state index < -0.39 is 0 Å². The summed E-state index contributed by atoms with van der Waals surface area (Å²) in [6.07, 6.45) is 3.98. The lowest BCUT2D eigenvalue weighted by molar-refractivity contribution is -0.682. The van der Waals surface area contributed by atoms with Crippen molar-refractivity contribution in [3.8, 4) is 0 Å². The predicted molar refractivity (Wildman–Crippen MR) is 77.1 cm³/mol. The smallest absolute Gasteiger partial charge is 0.229 e. The third kappa shape index (κ3) is 4.81. The van der Waals surface area contributed by atoms with E-state index >= 15 is 0 Å². The molecule has 0 aliphatic carbocycles. The maximum absolute atomic E-state index is 12.2. The van der Waals surface area contributed by atoms with Crippen LogP contribution in [0.1, 0.15) is 10.4 Å². The molecule has 0 bridgehead atoms. The second kappa shape index (κ2) is 8.12. The molecular weight excluding hydrogens is 379 g/mol. The quantitative estimate of drug-likeness (QED) is 0.435. The van der Waals surface area contributed by atoms with Crippen molar-refractivity contribution in [2.24, 2.45) is 0 Å². The average molecular weight is 390 g/mol. The highest BCUT2D eigenvalue weighted by molar-refractivity contribution is 6.36. The van der Waals surface area contributed by atoms with Crippen LogP contribution in [0.3, 0.4) is 0 Å². The van der Waals surface area contributed by atoms with Crippen LogP contribution < -0.4 is 26.9 Å². The first-order chi connectivity index (χ1) is 9.60. The molecule has 2 rings (SSSR count). The van der Waals surface area contributed by atoms with E-state index in [1.54, 1.807) is 41.2 Å². The Morgan fingerprint density at radius 3 is 2.71 bits per heavy atom. The molecule has 0 fully saturated rings. The van der Waals surface area contributed by atoms with Gasteiger partial charge < -0.3 is 22.3 Å². The number of ketones is 1. The van der Waals surface area contributed by atoms with Crippen molar-refractivity contribution in [1.82, 2.24) is 0 Å². The number of halogens is 3. The van der Waals surface area contributed by atoms with Gasteiger partial charge in [-0.1, -0.05) is 23.2 Å². The van der Waals surface area contributed by atoms with Gasteiger partial charge >= 0.3 is 0 Å². The Balaban J connectivity index is 0.00000220. The van der Waals surface area contributed by atoms with Gasteiger partial charge in [0.15, 0.2) is 12.4 Å². The molecule has 110 valence electrons. The molecule has 1 heterocycles. The molecule has 21 heavy (non-hydrogen) atoms. The molecule has 7 heteroatoms. The molecule has 0 atom stereocenters. The lowest BCUT2D eigenvalue weighted by atomic mass is 10.1. The summed E-state index contributed by atoms with van der Waals surface area (Å²) in [5.41, 5.74) is 1.02. The molecule has 1 aromatic heterocycles. The standard InChI is InChI=1S/C14H10Cl2N2O2.BrH/c15-10-3-4-12(13(16)6-10)14(20)8-18-5-1-2-11(7-18)17-9-19;/h1-7,9H,8H2;1H. The number of Topliss-reactive ketones (excluding diaryl/α,β-unsaturated/α-hetero) is 1. The maximum Gasteiger partial charge on any atom is 0.229 e. The molecule has 0 aliphatic rings. The number of amides is 1. The van der Waals surface area contributed by atoms with Crippen LogP contribution >= 0.6 is 23.2 Å². The van der Waals surface area contributed by atoms with Crippen LogP contribution in [0.2, 0.25) is 10.0 Å². The van der Waals surface area contributed by atoms with E-state index in [9.17, 15) is 9.59 Å². The zero-order valence-electron chi connectivity index (χ0n) is 10.7. The Hall–Kier alpha value is -1.43. The number of aromatic nitrogens is 1. The van der Waals surface area contributed by atoms with Gasteiger partial charge in [-0.15, -0.1) is 0 Å². The monoisotopic (exact) mass is 388 g/mol. The third-order valence-corrected chi connectivity index (χ3v) is 3.19. The van der Waals surface area contributed by atoms with E-state index in [2.05, 4.69) is 5.32 Å². The minimum Gasteiger partial charge on any atom is -1.00 e. The van der Waals surface area contributed by atoms with Gasteiger partial charge in [-0.25, -0.2) is 0 Å². The van der Waals surface area contributed by atoms with Crippen LogP contribution in [0, 0.1) is 0 Å². The van der Waals surface area contributed by atoms with Crippen LogP contribution in [0.15, 0.2) is 42.7 Å². The molecule has 0 spiro atoms. The van der Waals surface area contributed by atoms with Crippen molar-refractivity contribution in [2.45, 2.75) is 6.54 Å². The zero-order valence-corrected chi connectivity index (χ0v) is 13.8. The van der Waals surface area contributed by atoms with Crippen LogP contribution in [-0.4, -0.2) is 12.2 Å². The van der Waals surface area contributed by atoms with Crippen LogP contribution in [-0.2, 0) is 11.3 Å². The molecule has 2 aromatic rings. The Kier molecular flexibility index (Phi) is 6.81. The molecule has 1 aromatic carbocycles. The topological polar surface area (TPSA) is 50.1 Å². The highest BCUT2D eigenvalue weighted by Gasteiger charge is 2.15. The summed E-state index contributed by atoms with van der Waals surface area (Å²) >= 11 is 11.8. The molecular formula is C14H11BrCl2N2O2. The Morgan fingerprint density at radius 2 is 2.05 bits per heavy atom. The zero-order chi connectivity index (χ0) is 14.5. The van der Waals surface area contributed by atoms with Gasteiger partial charge in [0.2, 0.25) is 18.7 Å². The van der Waals surface area contributed by atoms with Crippen molar-refractivity contribution in [2.75, 3.05) is 5.32 Å². The number of carbonyl (C=O) groups excluding carboxylic acids is 2. The van der Waals surface area contributed by atoms with Crippen molar-refractivity contribution in [3.05, 3.63) is 58.3 Å². The second-order valence-corrected chi connectivity index (χ2v) is 4.92. The fourth-order valence-electron chi connectivity index (χ4n) is 1.74. The molecule has 0 aliphatic heterocycles. The Labute approximate surface area is 142 Å². The maximum atomic E-state index is 12.2. The number of nitrogens with one attached hydrogen (secondary N) is 1. The summed E-state index contributed by atoms with van der Waals surface area (Å²) in [5, 5.41) is 3.33. The Bertz CT molecular complexity index is 665. The van der Waals surface area contributed by atoms with Crippen molar-refractivity contribution in [1.29, 1.82) is 0 Å². The van der Waals surface area contributed by atoms with E-state index in [0.717, 1.165) is 0 Å². The number of carbonyl (C=O) groups is 2. The number of pyridine rings is 1. The molecule has 1 amide bonds. The summed E-state index contributed by atoms with van der Waals surface area (Å²) in [6, 6.07) is 8.22. The Morgan fingerprint density at radius 1 is 1.29 bits per heavy atom. The first-order valence-electron chi connectivity index (χ1n) is 5.77. The number of hydrogen-bond donors (Lipinski definition) is 1. The predicted octanol–water partition coefficient (Wildman–Crippen LogP) is -0.264. The van der Waals surface area contributed by atoms with Gasteiger partial charge in [0.05, 0.1) is 5.02 Å². The SMILES string of the molecule is O=CNc1ccc[n+](CC(=O)c2ccc(Cl)cc2Cl)c1.[Br-]. The van der Waals surface area contributed by atoms with E-state index in [1.165, 1.54) is 6.07 Å². The second-order valence-electron chi connectivity index (χ2n) is 4.07. The van der Waals surface area contributed by atoms with E-state index in [4.69, 9.17) is 23.2 Å². The molecule has 0 saturated heterocycles. The normalized spacial score (nSPS) is 9.62. The number of rotatable bonds is 5. The number of anilines is 1. The van der Waals surface area contributed by atoms with Crippen molar-refractivity contribution in [3.63, 3.8) is 0 Å². The number of benzene rings is 1. The largest absolute Gasteiger partial charge is 1.00 e. The lowest BCUT2D eigenvalue weighted by Crippen LogP contribution is -3.00. The fraction of sp³-hybridized carbons (Fsp3) is 0.0714. The van der Waals surface area contributed by atoms with E-state index in [1.807, 2.05) is 0 Å².